The molecule has 11 heteroatoms. The zero-order valence-corrected chi connectivity index (χ0v) is 19.9. The average Bonchev–Trinajstić information content (AvgIpc) is 2.87. The van der Waals surface area contributed by atoms with Crippen LogP contribution in [0.1, 0.15) is 34.0 Å². The van der Waals surface area contributed by atoms with Crippen LogP contribution < -0.4 is 10.6 Å². The van der Waals surface area contributed by atoms with E-state index in [2.05, 4.69) is 25.3 Å². The lowest BCUT2D eigenvalue weighted by atomic mass is 9.97. The molecule has 0 radical (unpaired) electrons. The highest BCUT2D eigenvalue weighted by atomic mass is 19.4. The van der Waals surface area contributed by atoms with E-state index < -0.39 is 18.4 Å². The Morgan fingerprint density at radius 3 is 2.76 bits per heavy atom. The molecule has 0 aliphatic carbocycles. The molecule has 192 valence electrons. The van der Waals surface area contributed by atoms with Crippen LogP contribution in [0.15, 0.2) is 48.7 Å². The fourth-order valence-corrected chi connectivity index (χ4v) is 4.36. The Morgan fingerprint density at radius 1 is 1.11 bits per heavy atom. The predicted molar refractivity (Wildman–Crippen MR) is 129 cm³/mol. The molecule has 0 spiro atoms. The van der Waals surface area contributed by atoms with Gasteiger partial charge in [-0.25, -0.2) is 14.8 Å². The first-order valence-electron chi connectivity index (χ1n) is 11.8. The molecule has 0 fully saturated rings. The van der Waals surface area contributed by atoms with Crippen molar-refractivity contribution < 1.29 is 27.5 Å². The van der Waals surface area contributed by atoms with Crippen LogP contribution in [0.25, 0.3) is 11.4 Å². The highest BCUT2D eigenvalue weighted by molar-refractivity contribution is 5.97. The number of alkyl halides is 3. The van der Waals surface area contributed by atoms with Crippen LogP contribution in [0, 0.1) is 0 Å². The number of carbonyl (C=O) groups is 2. The second-order valence-corrected chi connectivity index (χ2v) is 8.99. The van der Waals surface area contributed by atoms with Gasteiger partial charge in [0.15, 0.2) is 11.9 Å². The predicted octanol–water partition coefficient (Wildman–Crippen LogP) is 4.62. The van der Waals surface area contributed by atoms with Crippen LogP contribution >= 0.6 is 0 Å². The molecule has 1 unspecified atom stereocenters. The van der Waals surface area contributed by atoms with E-state index in [9.17, 15) is 22.8 Å². The summed E-state index contributed by atoms with van der Waals surface area (Å²) < 4.78 is 42.8. The minimum Gasteiger partial charge on any atom is -0.437 e. The maximum Gasteiger partial charge on any atom is 0.425 e. The fourth-order valence-electron chi connectivity index (χ4n) is 4.36. The summed E-state index contributed by atoms with van der Waals surface area (Å²) in [6.45, 7) is 1.84. The number of carbonyl (C=O) groups excluding carboxylic acids is 2. The number of hydrogen-bond acceptors (Lipinski definition) is 6. The number of rotatable bonds is 4. The van der Waals surface area contributed by atoms with Crippen LogP contribution in [0.3, 0.4) is 0 Å². The summed E-state index contributed by atoms with van der Waals surface area (Å²) in [5.74, 6) is 1.03. The van der Waals surface area contributed by atoms with Crippen molar-refractivity contribution in [3.63, 3.8) is 0 Å². The third-order valence-electron chi connectivity index (χ3n) is 6.43. The molecule has 0 saturated heterocycles. The number of amides is 2. The minimum absolute atomic E-state index is 0.0691. The SMILES string of the molecule is CC(OC(=O)N1CCc2cc(-c3nccc(Nc4ccc5c(c4)CCNC5=O)n3)ccc2C1)C(F)(F)F. The Kier molecular flexibility index (Phi) is 6.45. The Bertz CT molecular complexity index is 1360. The van der Waals surface area contributed by atoms with Gasteiger partial charge in [0.1, 0.15) is 5.82 Å². The topological polar surface area (TPSA) is 96.5 Å². The van der Waals surface area contributed by atoms with Gasteiger partial charge in [0, 0.05) is 42.6 Å². The fraction of sp³-hybridized carbons (Fsp3) is 0.308. The number of halogens is 3. The Hall–Kier alpha value is -4.15. The van der Waals surface area contributed by atoms with Gasteiger partial charge in [-0.1, -0.05) is 12.1 Å². The van der Waals surface area contributed by atoms with Crippen molar-refractivity contribution in [2.45, 2.75) is 38.6 Å². The van der Waals surface area contributed by atoms with Gasteiger partial charge in [-0.2, -0.15) is 13.2 Å². The molecule has 3 heterocycles. The summed E-state index contributed by atoms with van der Waals surface area (Å²) in [6, 6.07) is 12.9. The van der Waals surface area contributed by atoms with Gasteiger partial charge < -0.3 is 20.3 Å². The van der Waals surface area contributed by atoms with Crippen LogP contribution in [0.2, 0.25) is 0 Å². The number of nitrogens with one attached hydrogen (secondary N) is 2. The van der Waals surface area contributed by atoms with Crippen molar-refractivity contribution in [2.75, 3.05) is 18.4 Å². The number of aromatic nitrogens is 2. The first kappa shape index (κ1) is 24.5. The molecule has 2 amide bonds. The van der Waals surface area contributed by atoms with Crippen molar-refractivity contribution in [3.8, 4) is 11.4 Å². The molecule has 2 N–H and O–H groups in total. The summed E-state index contributed by atoms with van der Waals surface area (Å²) in [5.41, 5.74) is 5.06. The normalized spacial score (nSPS) is 15.8. The molecule has 2 aliphatic rings. The van der Waals surface area contributed by atoms with Gasteiger partial charge in [0.2, 0.25) is 0 Å². The standard InChI is InChI=1S/C26H24F3N5O3/c1-15(26(27,28)29)37-25(36)34-11-8-16-12-18(2-3-19(16)14-34)23-30-10-7-22(33-23)32-20-4-5-21-17(13-20)6-9-31-24(21)35/h2-5,7,10,12-13,15H,6,8-9,11,14H2,1H3,(H,31,35)(H,30,32,33). The van der Waals surface area contributed by atoms with Crippen LogP contribution in [-0.2, 0) is 24.1 Å². The van der Waals surface area contributed by atoms with E-state index in [0.29, 0.717) is 30.2 Å². The number of benzene rings is 2. The molecule has 1 atom stereocenters. The zero-order valence-electron chi connectivity index (χ0n) is 19.9. The molecule has 3 aromatic rings. The molecule has 2 aromatic carbocycles. The van der Waals surface area contributed by atoms with Crippen LogP contribution in [-0.4, -0.2) is 52.2 Å². The zero-order chi connectivity index (χ0) is 26.2. The first-order valence-corrected chi connectivity index (χ1v) is 11.8. The lowest BCUT2D eigenvalue weighted by molar-refractivity contribution is -0.199. The van der Waals surface area contributed by atoms with Gasteiger partial charge >= 0.3 is 12.3 Å². The summed E-state index contributed by atoms with van der Waals surface area (Å²) in [6.07, 6.45) is -4.86. The summed E-state index contributed by atoms with van der Waals surface area (Å²) in [5, 5.41) is 6.09. The van der Waals surface area contributed by atoms with Crippen LogP contribution in [0.4, 0.5) is 29.5 Å². The van der Waals surface area contributed by atoms with Gasteiger partial charge in [0.25, 0.3) is 5.91 Å². The van der Waals surface area contributed by atoms with E-state index in [1.165, 1.54) is 4.90 Å². The second-order valence-electron chi connectivity index (χ2n) is 8.99. The quantitative estimate of drug-likeness (QED) is 0.531. The molecule has 37 heavy (non-hydrogen) atoms. The second kappa shape index (κ2) is 9.72. The molecule has 0 bridgehead atoms. The van der Waals surface area contributed by atoms with Gasteiger partial charge in [-0.15, -0.1) is 0 Å². The van der Waals surface area contributed by atoms with E-state index in [4.69, 9.17) is 0 Å². The molecule has 1 aromatic heterocycles. The number of hydrogen-bond donors (Lipinski definition) is 2. The lowest BCUT2D eigenvalue weighted by Gasteiger charge is -2.29. The largest absolute Gasteiger partial charge is 0.437 e. The van der Waals surface area contributed by atoms with Crippen molar-refractivity contribution in [2.24, 2.45) is 0 Å². The van der Waals surface area contributed by atoms with Gasteiger partial charge in [-0.3, -0.25) is 4.79 Å². The molecule has 8 nitrogen and oxygen atoms in total. The van der Waals surface area contributed by atoms with E-state index in [1.807, 2.05) is 30.3 Å². The maximum absolute atomic E-state index is 12.7. The smallest absolute Gasteiger partial charge is 0.425 e. The number of ether oxygens (including phenoxy) is 1. The summed E-state index contributed by atoms with van der Waals surface area (Å²) in [7, 11) is 0. The summed E-state index contributed by atoms with van der Waals surface area (Å²) >= 11 is 0. The molecular formula is C26H24F3N5O3. The summed E-state index contributed by atoms with van der Waals surface area (Å²) in [4.78, 5) is 34.4. The highest BCUT2D eigenvalue weighted by Gasteiger charge is 2.40. The maximum atomic E-state index is 12.7. The van der Waals surface area contributed by atoms with Gasteiger partial charge in [-0.05, 0) is 66.8 Å². The third kappa shape index (κ3) is 5.35. The highest BCUT2D eigenvalue weighted by Crippen LogP contribution is 2.28. The van der Waals surface area contributed by atoms with E-state index in [-0.39, 0.29) is 19.0 Å². The molecule has 2 aliphatic heterocycles. The number of fused-ring (bicyclic) bond motifs is 2. The average molecular weight is 512 g/mol. The van der Waals surface area contributed by atoms with Gasteiger partial charge in [0.05, 0.1) is 0 Å². The van der Waals surface area contributed by atoms with Crippen LogP contribution in [0.5, 0.6) is 0 Å². The third-order valence-corrected chi connectivity index (χ3v) is 6.43. The van der Waals surface area contributed by atoms with Crippen molar-refractivity contribution in [3.05, 3.63) is 70.9 Å². The molecular weight excluding hydrogens is 487 g/mol. The Labute approximate surface area is 210 Å². The molecule has 5 rings (SSSR count). The minimum atomic E-state index is -4.60. The van der Waals surface area contributed by atoms with E-state index in [1.54, 1.807) is 18.3 Å². The lowest BCUT2D eigenvalue weighted by Crippen LogP contribution is -2.40. The molecule has 0 saturated carbocycles. The monoisotopic (exact) mass is 511 g/mol. The van der Waals surface area contributed by atoms with Crippen molar-refractivity contribution in [1.29, 1.82) is 0 Å². The van der Waals surface area contributed by atoms with E-state index in [0.717, 1.165) is 41.3 Å². The number of nitrogens with zero attached hydrogens (tertiary/aromatic N) is 3. The Balaban J connectivity index is 1.29. The first-order chi connectivity index (χ1) is 17.7. The van der Waals surface area contributed by atoms with Crippen molar-refractivity contribution in [1.82, 2.24) is 20.2 Å². The van der Waals surface area contributed by atoms with E-state index >= 15 is 0 Å². The number of anilines is 2. The Morgan fingerprint density at radius 2 is 1.95 bits per heavy atom. The van der Waals surface area contributed by atoms with Crippen molar-refractivity contribution >= 4 is 23.5 Å².